The lowest BCUT2D eigenvalue weighted by Crippen LogP contribution is -2.28. The second kappa shape index (κ2) is 5.67. The van der Waals surface area contributed by atoms with Crippen LogP contribution >= 0.6 is 0 Å². The Morgan fingerprint density at radius 1 is 1.09 bits per heavy atom. The van der Waals surface area contributed by atoms with E-state index in [-0.39, 0.29) is 17.5 Å². The van der Waals surface area contributed by atoms with Gasteiger partial charge in [0.05, 0.1) is 25.3 Å². The largest absolute Gasteiger partial charge is 0.493 e. The summed E-state index contributed by atoms with van der Waals surface area (Å²) in [6.45, 7) is 1.37. The third kappa shape index (κ3) is 2.38. The number of carbonyl (C=O) groups excluding carboxylic acids is 1. The standard InChI is InChI=1S/C15H17N3O4/c1-21-11-7-9-10(8-12(11)22-2)17-14(19)13(16-9)15(20)18-5-3-4-6-18/h7-8H,3-6H2,1-2H3,(H,17,19). The summed E-state index contributed by atoms with van der Waals surface area (Å²) in [6, 6.07) is 3.26. The van der Waals surface area contributed by atoms with Crippen molar-refractivity contribution in [3.63, 3.8) is 0 Å². The highest BCUT2D eigenvalue weighted by atomic mass is 16.5. The van der Waals surface area contributed by atoms with Crippen molar-refractivity contribution < 1.29 is 19.4 Å². The Morgan fingerprint density at radius 2 is 1.64 bits per heavy atom. The maximum Gasteiger partial charge on any atom is 0.278 e. The molecular weight excluding hydrogens is 286 g/mol. The highest BCUT2D eigenvalue weighted by Crippen LogP contribution is 2.32. The minimum Gasteiger partial charge on any atom is -0.493 e. The van der Waals surface area contributed by atoms with Crippen LogP contribution in [0, 0.1) is 0 Å². The summed E-state index contributed by atoms with van der Waals surface area (Å²) in [6.07, 6.45) is 1.94. The van der Waals surface area contributed by atoms with Gasteiger partial charge in [0.1, 0.15) is 0 Å². The minimum atomic E-state index is -0.364. The molecule has 1 amide bonds. The zero-order valence-corrected chi connectivity index (χ0v) is 12.5. The van der Waals surface area contributed by atoms with Gasteiger partial charge >= 0.3 is 0 Å². The van der Waals surface area contributed by atoms with Gasteiger partial charge in [-0.25, -0.2) is 9.97 Å². The normalized spacial score (nSPS) is 14.4. The number of aromatic hydroxyl groups is 1. The van der Waals surface area contributed by atoms with Crippen LogP contribution in [0.1, 0.15) is 23.3 Å². The van der Waals surface area contributed by atoms with Crippen LogP contribution in [0.25, 0.3) is 11.0 Å². The Hall–Kier alpha value is -2.57. The van der Waals surface area contributed by atoms with E-state index in [4.69, 9.17) is 9.47 Å². The SMILES string of the molecule is COc1cc2nc(O)c(C(=O)N3CCCC3)nc2cc1OC. The first-order valence-corrected chi connectivity index (χ1v) is 7.06. The Bertz CT molecular complexity index is 726. The fourth-order valence-corrected chi connectivity index (χ4v) is 2.59. The van der Waals surface area contributed by atoms with Crippen LogP contribution in [0.15, 0.2) is 12.1 Å². The molecule has 7 heteroatoms. The van der Waals surface area contributed by atoms with Gasteiger partial charge in [-0.2, -0.15) is 0 Å². The molecule has 0 atom stereocenters. The number of fused-ring (bicyclic) bond motifs is 1. The molecule has 0 radical (unpaired) electrons. The summed E-state index contributed by atoms with van der Waals surface area (Å²) in [5, 5.41) is 10.0. The lowest BCUT2D eigenvalue weighted by Gasteiger charge is -2.15. The fraction of sp³-hybridized carbons (Fsp3) is 0.400. The molecule has 0 spiro atoms. The number of rotatable bonds is 3. The van der Waals surface area contributed by atoms with E-state index in [2.05, 4.69) is 9.97 Å². The van der Waals surface area contributed by atoms with Crippen LogP contribution in [0.4, 0.5) is 0 Å². The predicted octanol–water partition coefficient (Wildman–Crippen LogP) is 1.59. The van der Waals surface area contributed by atoms with Crippen molar-refractivity contribution in [3.05, 3.63) is 17.8 Å². The molecule has 0 saturated carbocycles. The number of likely N-dealkylation sites (tertiary alicyclic amines) is 1. The minimum absolute atomic E-state index is 0.0263. The number of aromatic nitrogens is 2. The molecule has 116 valence electrons. The van der Waals surface area contributed by atoms with Crippen molar-refractivity contribution in [2.75, 3.05) is 27.3 Å². The number of benzene rings is 1. The molecule has 1 aromatic carbocycles. The monoisotopic (exact) mass is 303 g/mol. The Kier molecular flexibility index (Phi) is 3.70. The van der Waals surface area contributed by atoms with E-state index in [1.165, 1.54) is 14.2 Å². The van der Waals surface area contributed by atoms with E-state index in [0.29, 0.717) is 35.6 Å². The zero-order chi connectivity index (χ0) is 15.7. The first kappa shape index (κ1) is 14.4. The van der Waals surface area contributed by atoms with Crippen molar-refractivity contribution in [1.82, 2.24) is 14.9 Å². The van der Waals surface area contributed by atoms with Gasteiger partial charge in [-0.3, -0.25) is 4.79 Å². The highest BCUT2D eigenvalue weighted by molar-refractivity contribution is 5.96. The molecule has 0 aliphatic carbocycles. The summed E-state index contributed by atoms with van der Waals surface area (Å²) < 4.78 is 10.4. The van der Waals surface area contributed by atoms with E-state index in [1.807, 2.05) is 0 Å². The van der Waals surface area contributed by atoms with Crippen molar-refractivity contribution in [2.45, 2.75) is 12.8 Å². The summed E-state index contributed by atoms with van der Waals surface area (Å²) in [4.78, 5) is 22.4. The molecular formula is C15H17N3O4. The van der Waals surface area contributed by atoms with Gasteiger partial charge in [0.15, 0.2) is 17.2 Å². The second-order valence-corrected chi connectivity index (χ2v) is 5.09. The predicted molar refractivity (Wildman–Crippen MR) is 79.4 cm³/mol. The van der Waals surface area contributed by atoms with Gasteiger partial charge in [0.25, 0.3) is 5.91 Å². The van der Waals surface area contributed by atoms with Crippen molar-refractivity contribution >= 4 is 16.9 Å². The first-order chi connectivity index (χ1) is 10.6. The molecule has 0 bridgehead atoms. The Balaban J connectivity index is 2.08. The van der Waals surface area contributed by atoms with Crippen LogP contribution in [0.2, 0.25) is 0 Å². The topological polar surface area (TPSA) is 84.8 Å². The number of hydrogen-bond donors (Lipinski definition) is 1. The van der Waals surface area contributed by atoms with Gasteiger partial charge in [-0.05, 0) is 12.8 Å². The van der Waals surface area contributed by atoms with Crippen LogP contribution < -0.4 is 9.47 Å². The van der Waals surface area contributed by atoms with Crippen molar-refractivity contribution in [3.8, 4) is 17.4 Å². The van der Waals surface area contributed by atoms with Gasteiger partial charge in [-0.15, -0.1) is 0 Å². The average Bonchev–Trinajstić information content (AvgIpc) is 3.06. The van der Waals surface area contributed by atoms with Gasteiger partial charge in [-0.1, -0.05) is 0 Å². The van der Waals surface area contributed by atoms with E-state index in [9.17, 15) is 9.90 Å². The van der Waals surface area contributed by atoms with Gasteiger partial charge in [0.2, 0.25) is 5.88 Å². The molecule has 1 aliphatic rings. The fourth-order valence-electron chi connectivity index (χ4n) is 2.59. The molecule has 1 saturated heterocycles. The lowest BCUT2D eigenvalue weighted by molar-refractivity contribution is 0.0783. The number of ether oxygens (including phenoxy) is 2. The molecule has 1 aromatic heterocycles. The number of nitrogens with zero attached hydrogens (tertiary/aromatic N) is 3. The Morgan fingerprint density at radius 3 is 2.18 bits per heavy atom. The van der Waals surface area contributed by atoms with Crippen molar-refractivity contribution in [1.29, 1.82) is 0 Å². The molecule has 22 heavy (non-hydrogen) atoms. The number of amides is 1. The molecule has 1 fully saturated rings. The first-order valence-electron chi connectivity index (χ1n) is 7.06. The number of methoxy groups -OCH3 is 2. The third-order valence-electron chi connectivity index (χ3n) is 3.75. The quantitative estimate of drug-likeness (QED) is 0.927. The van der Waals surface area contributed by atoms with E-state index < -0.39 is 0 Å². The summed E-state index contributed by atoms with van der Waals surface area (Å²) >= 11 is 0. The van der Waals surface area contributed by atoms with Gasteiger partial charge < -0.3 is 19.5 Å². The molecule has 7 nitrogen and oxygen atoms in total. The van der Waals surface area contributed by atoms with Gasteiger partial charge in [0, 0.05) is 25.2 Å². The lowest BCUT2D eigenvalue weighted by atomic mass is 10.2. The molecule has 2 aromatic rings. The van der Waals surface area contributed by atoms with Crippen LogP contribution in [-0.2, 0) is 0 Å². The summed E-state index contributed by atoms with van der Waals surface area (Å²) in [5.41, 5.74) is 0.882. The number of hydrogen-bond acceptors (Lipinski definition) is 6. The van der Waals surface area contributed by atoms with Crippen LogP contribution in [-0.4, -0.2) is 53.2 Å². The highest BCUT2D eigenvalue weighted by Gasteiger charge is 2.25. The molecule has 0 unspecified atom stereocenters. The Labute approximate surface area is 127 Å². The molecule has 2 heterocycles. The number of carbonyl (C=O) groups is 1. The maximum atomic E-state index is 12.4. The second-order valence-electron chi connectivity index (χ2n) is 5.09. The molecule has 3 rings (SSSR count). The smallest absolute Gasteiger partial charge is 0.278 e. The third-order valence-corrected chi connectivity index (χ3v) is 3.75. The van der Waals surface area contributed by atoms with E-state index in [0.717, 1.165) is 12.8 Å². The van der Waals surface area contributed by atoms with Crippen LogP contribution in [0.5, 0.6) is 17.4 Å². The van der Waals surface area contributed by atoms with E-state index in [1.54, 1.807) is 17.0 Å². The van der Waals surface area contributed by atoms with Crippen LogP contribution in [0.3, 0.4) is 0 Å². The summed E-state index contributed by atoms with van der Waals surface area (Å²) in [5.74, 6) is 0.327. The maximum absolute atomic E-state index is 12.4. The molecule has 1 aliphatic heterocycles. The zero-order valence-electron chi connectivity index (χ0n) is 12.5. The van der Waals surface area contributed by atoms with E-state index >= 15 is 0 Å². The molecule has 1 N–H and O–H groups in total. The average molecular weight is 303 g/mol. The van der Waals surface area contributed by atoms with Crippen molar-refractivity contribution in [2.24, 2.45) is 0 Å². The summed E-state index contributed by atoms with van der Waals surface area (Å²) in [7, 11) is 3.04.